The Morgan fingerprint density at radius 1 is 0.785 bits per heavy atom. The van der Waals surface area contributed by atoms with Gasteiger partial charge < -0.3 is 65.5 Å². The van der Waals surface area contributed by atoms with E-state index in [0.717, 1.165) is 87.6 Å². The van der Waals surface area contributed by atoms with Crippen molar-refractivity contribution in [3.63, 3.8) is 0 Å². The SMILES string of the molecule is Nc1nc2c(-c3c(Cl)cc4c(N5CCN(C(=O)OCc6ccccc6)CC5)nc(OCCCN5CCN(CCCOCCC(=O)NCCOCCNC(=O)CCCC[C@@H]6SC[C@@H]7NC(=O)N[C@@H]76)CC5)nc4c3F)ccc(F)c2s1. The maximum atomic E-state index is 17.0. The van der Waals surface area contributed by atoms with Gasteiger partial charge in [-0.25, -0.2) is 23.4 Å². The fourth-order valence-corrected chi connectivity index (χ4v) is 12.8. The van der Waals surface area contributed by atoms with Crippen molar-refractivity contribution in [3.05, 3.63) is 70.8 Å². The monoisotopic (exact) mass is 1150 g/mol. The minimum atomic E-state index is -0.738. The average molecular weight is 1150 g/mol. The van der Waals surface area contributed by atoms with Crippen LogP contribution >= 0.6 is 34.7 Å². The van der Waals surface area contributed by atoms with Crippen molar-refractivity contribution in [1.29, 1.82) is 0 Å². The number of anilines is 2. The van der Waals surface area contributed by atoms with Gasteiger partial charge in [-0.2, -0.15) is 21.7 Å². The Balaban J connectivity index is 0.654. The number of unbranched alkanes of at least 4 members (excludes halogenated alkanes) is 1. The van der Waals surface area contributed by atoms with Gasteiger partial charge in [0, 0.05) is 126 Å². The molecule has 6 N–H and O–H groups in total. The normalized spacial score (nSPS) is 18.7. The van der Waals surface area contributed by atoms with Gasteiger partial charge in [-0.3, -0.25) is 9.59 Å². The predicted molar refractivity (Wildman–Crippen MR) is 302 cm³/mol. The number of nitrogens with zero attached hydrogens (tertiary/aromatic N) is 7. The third-order valence-electron chi connectivity index (χ3n) is 14.4. The second kappa shape index (κ2) is 28.5. The number of fused-ring (bicyclic) bond motifs is 3. The third-order valence-corrected chi connectivity index (χ3v) is 17.1. The van der Waals surface area contributed by atoms with Crippen molar-refractivity contribution in [2.45, 2.75) is 68.9 Å². The molecule has 3 aromatic carbocycles. The van der Waals surface area contributed by atoms with Crippen LogP contribution in [-0.2, 0) is 30.4 Å². The molecule has 4 saturated heterocycles. The van der Waals surface area contributed by atoms with E-state index in [1.165, 1.54) is 12.1 Å². The number of halogens is 3. The minimum absolute atomic E-state index is 0.0000322. The van der Waals surface area contributed by atoms with Gasteiger partial charge in [0.2, 0.25) is 11.8 Å². The van der Waals surface area contributed by atoms with Crippen LogP contribution in [0.4, 0.5) is 29.3 Å². The van der Waals surface area contributed by atoms with Gasteiger partial charge in [0.15, 0.2) is 10.9 Å². The fourth-order valence-electron chi connectivity index (χ4n) is 10.2. The summed E-state index contributed by atoms with van der Waals surface area (Å²) in [4.78, 5) is 71.2. The number of rotatable bonds is 27. The van der Waals surface area contributed by atoms with Gasteiger partial charge in [-0.05, 0) is 49.4 Å². The zero-order chi connectivity index (χ0) is 55.1. The molecule has 4 fully saturated rings. The molecule has 426 valence electrons. The van der Waals surface area contributed by atoms with Crippen LogP contribution in [0.25, 0.3) is 32.2 Å². The van der Waals surface area contributed by atoms with Gasteiger partial charge in [0.25, 0.3) is 0 Å². The Bertz CT molecular complexity index is 2880. The first-order valence-electron chi connectivity index (χ1n) is 27.2. The number of urea groups is 1. The molecule has 2 aromatic heterocycles. The van der Waals surface area contributed by atoms with E-state index in [9.17, 15) is 23.6 Å². The van der Waals surface area contributed by atoms with Crippen molar-refractivity contribution >= 4 is 90.7 Å². The van der Waals surface area contributed by atoms with Crippen LogP contribution in [0.3, 0.4) is 0 Å². The molecule has 6 heterocycles. The molecular formula is C54H69ClF2N12O8S2. The van der Waals surface area contributed by atoms with E-state index >= 15 is 4.39 Å². The summed E-state index contributed by atoms with van der Waals surface area (Å²) in [6, 6.07) is 14.1. The van der Waals surface area contributed by atoms with Crippen LogP contribution in [0.5, 0.6) is 6.01 Å². The Morgan fingerprint density at radius 2 is 1.49 bits per heavy atom. The highest BCUT2D eigenvalue weighted by atomic mass is 35.5. The largest absolute Gasteiger partial charge is 0.463 e. The number of hydrogen-bond acceptors (Lipinski definition) is 17. The number of carbonyl (C=O) groups excluding carboxylic acids is 4. The number of nitrogen functional groups attached to an aromatic ring is 1. The van der Waals surface area contributed by atoms with Gasteiger partial charge >= 0.3 is 18.1 Å². The summed E-state index contributed by atoms with van der Waals surface area (Å²) >= 11 is 9.73. The molecule has 0 aliphatic carbocycles. The molecule has 3 atom stereocenters. The molecule has 0 bridgehead atoms. The van der Waals surface area contributed by atoms with Crippen LogP contribution in [0, 0.1) is 11.6 Å². The molecule has 20 nitrogen and oxygen atoms in total. The quantitative estimate of drug-likeness (QED) is 0.0298. The van der Waals surface area contributed by atoms with E-state index in [-0.39, 0.29) is 92.6 Å². The number of benzene rings is 3. The Hall–Kier alpha value is -5.89. The van der Waals surface area contributed by atoms with Crippen molar-refractivity contribution in [2.75, 3.05) is 128 Å². The first-order valence-corrected chi connectivity index (χ1v) is 29.4. The topological polar surface area (TPSA) is 231 Å². The van der Waals surface area contributed by atoms with Crippen LogP contribution in [0.15, 0.2) is 48.5 Å². The van der Waals surface area contributed by atoms with Crippen LogP contribution in [0.2, 0.25) is 5.02 Å². The lowest BCUT2D eigenvalue weighted by atomic mass is 10.0. The van der Waals surface area contributed by atoms with E-state index in [1.54, 1.807) is 11.0 Å². The molecule has 0 saturated carbocycles. The molecule has 0 radical (unpaired) electrons. The highest BCUT2D eigenvalue weighted by Crippen LogP contribution is 2.43. The molecular weight excluding hydrogens is 1080 g/mol. The summed E-state index contributed by atoms with van der Waals surface area (Å²) in [5.74, 6) is -0.0225. The molecule has 0 spiro atoms. The number of nitrogens with one attached hydrogen (secondary N) is 4. The van der Waals surface area contributed by atoms with Gasteiger partial charge in [-0.1, -0.05) is 59.7 Å². The van der Waals surface area contributed by atoms with E-state index in [0.29, 0.717) is 95.0 Å². The van der Waals surface area contributed by atoms with Crippen molar-refractivity contribution in [3.8, 4) is 17.1 Å². The molecule has 0 unspecified atom stereocenters. The maximum absolute atomic E-state index is 17.0. The van der Waals surface area contributed by atoms with E-state index in [2.05, 4.69) is 41.0 Å². The molecule has 9 rings (SSSR count). The van der Waals surface area contributed by atoms with Crippen LogP contribution < -0.4 is 36.6 Å². The number of piperazine rings is 2. The Morgan fingerprint density at radius 3 is 2.24 bits per heavy atom. The first kappa shape index (κ1) is 57.8. The second-order valence-electron chi connectivity index (χ2n) is 19.9. The van der Waals surface area contributed by atoms with Crippen LogP contribution in [0.1, 0.15) is 50.5 Å². The summed E-state index contributed by atoms with van der Waals surface area (Å²) in [5.41, 5.74) is 7.30. The van der Waals surface area contributed by atoms with Crippen molar-refractivity contribution in [2.24, 2.45) is 0 Å². The molecule has 4 aliphatic heterocycles. The second-order valence-corrected chi connectivity index (χ2v) is 22.6. The highest BCUT2D eigenvalue weighted by molar-refractivity contribution is 8.00. The average Bonchev–Trinajstić information content (AvgIpc) is 4.17. The summed E-state index contributed by atoms with van der Waals surface area (Å²) < 4.78 is 55.1. The van der Waals surface area contributed by atoms with Crippen molar-refractivity contribution in [1.82, 2.24) is 50.9 Å². The number of nitrogens with two attached hydrogens (primary N) is 1. The number of thioether (sulfide) groups is 1. The number of carbonyl (C=O) groups is 4. The summed E-state index contributed by atoms with van der Waals surface area (Å²) in [7, 11) is 0. The van der Waals surface area contributed by atoms with E-state index < -0.39 is 17.7 Å². The number of ether oxygens (including phenoxy) is 4. The standard InChI is InChI=1S/C54H69ClF2N12O8S2/c55-38-32-37-46(45(57)44(38)36-12-13-39(56)49-47(36)62-51(58)79-49)64-53(65-50(37)68-23-25-69(26-24-68)54(73)77-33-35-8-2-1-3-9-35)76-28-7-18-67-21-19-66(20-22-67)17-6-27-74-29-14-43(71)60-16-31-75-30-15-59-42(70)11-5-4-10-41-48-40(34-78-41)61-52(72)63-48/h1-3,8-9,12-13,32,40-41,48H,4-7,10-11,14-31,33-34H2,(H2,58,62)(H,59,70)(H,60,71)(H2,61,63,72)/t40-,41-,48-/m0/s1. The highest BCUT2D eigenvalue weighted by Gasteiger charge is 2.42. The lowest BCUT2D eigenvalue weighted by Gasteiger charge is -2.35. The predicted octanol–water partition coefficient (Wildman–Crippen LogP) is 6.04. The Labute approximate surface area is 471 Å². The fraction of sp³-hybridized carbons (Fsp3) is 0.537. The molecule has 25 heteroatoms. The lowest BCUT2D eigenvalue weighted by molar-refractivity contribution is -0.122. The van der Waals surface area contributed by atoms with Gasteiger partial charge in [0.1, 0.15) is 23.8 Å². The summed E-state index contributed by atoms with van der Waals surface area (Å²) in [6.45, 7) is 9.54. The maximum Gasteiger partial charge on any atom is 0.410 e. The van der Waals surface area contributed by atoms with Crippen LogP contribution in [-0.4, -0.2) is 188 Å². The minimum Gasteiger partial charge on any atom is -0.463 e. The molecule has 4 aliphatic rings. The van der Waals surface area contributed by atoms with Crippen molar-refractivity contribution < 1.29 is 46.9 Å². The van der Waals surface area contributed by atoms with E-state index in [1.807, 2.05) is 47.0 Å². The lowest BCUT2D eigenvalue weighted by Crippen LogP contribution is -2.49. The molecule has 79 heavy (non-hydrogen) atoms. The first-order chi connectivity index (χ1) is 38.5. The Kier molecular flexibility index (Phi) is 20.8. The van der Waals surface area contributed by atoms with E-state index in [4.69, 9.17) is 41.3 Å². The smallest absolute Gasteiger partial charge is 0.410 e. The zero-order valence-electron chi connectivity index (χ0n) is 44.2. The zero-order valence-corrected chi connectivity index (χ0v) is 46.5. The van der Waals surface area contributed by atoms with Gasteiger partial charge in [-0.15, -0.1) is 0 Å². The summed E-state index contributed by atoms with van der Waals surface area (Å²) in [6.07, 6.45) is 4.55. The number of aromatic nitrogens is 3. The number of thiazole rings is 1. The van der Waals surface area contributed by atoms with Gasteiger partial charge in [0.05, 0.1) is 53.8 Å². The number of amides is 5. The molecule has 5 aromatic rings. The number of hydrogen-bond donors (Lipinski definition) is 5. The third kappa shape index (κ3) is 15.7. The molecule has 5 amide bonds. The summed E-state index contributed by atoms with van der Waals surface area (Å²) in [5, 5.41) is 12.6.